The van der Waals surface area contributed by atoms with Gasteiger partial charge in [0.2, 0.25) is 5.89 Å². The van der Waals surface area contributed by atoms with Crippen LogP contribution >= 0.6 is 0 Å². The molecular weight excluding hydrogens is 326 g/mol. The molecule has 0 amide bonds. The van der Waals surface area contributed by atoms with Gasteiger partial charge in [0.1, 0.15) is 12.3 Å². The summed E-state index contributed by atoms with van der Waals surface area (Å²) in [5.41, 5.74) is 4.70. The SMILES string of the molecule is CC(=O)c1ccc(C#N)c(NCCc2coc(-c3ccc(C)cc3)n2)c1. The Hall–Kier alpha value is -3.39. The van der Waals surface area contributed by atoms with E-state index in [1.165, 1.54) is 12.5 Å². The van der Waals surface area contributed by atoms with E-state index < -0.39 is 0 Å². The molecule has 0 aliphatic carbocycles. The second kappa shape index (κ2) is 7.66. The fraction of sp³-hybridized carbons (Fsp3) is 0.190. The summed E-state index contributed by atoms with van der Waals surface area (Å²) in [6, 6.07) is 15.2. The molecule has 1 N–H and O–H groups in total. The van der Waals surface area contributed by atoms with E-state index in [0.717, 1.165) is 11.3 Å². The zero-order chi connectivity index (χ0) is 18.5. The van der Waals surface area contributed by atoms with Gasteiger partial charge in [0.15, 0.2) is 5.78 Å². The minimum absolute atomic E-state index is 0.0308. The number of ketones is 1. The van der Waals surface area contributed by atoms with Gasteiger partial charge in [-0.2, -0.15) is 5.26 Å². The second-order valence-electron chi connectivity index (χ2n) is 6.12. The van der Waals surface area contributed by atoms with E-state index in [0.29, 0.717) is 35.7 Å². The van der Waals surface area contributed by atoms with Gasteiger partial charge in [-0.15, -0.1) is 0 Å². The summed E-state index contributed by atoms with van der Waals surface area (Å²) < 4.78 is 5.55. The molecule has 26 heavy (non-hydrogen) atoms. The van der Waals surface area contributed by atoms with Crippen LogP contribution in [-0.2, 0) is 6.42 Å². The van der Waals surface area contributed by atoms with E-state index in [1.807, 2.05) is 31.2 Å². The topological polar surface area (TPSA) is 78.9 Å². The van der Waals surface area contributed by atoms with Crippen molar-refractivity contribution in [2.45, 2.75) is 20.3 Å². The van der Waals surface area contributed by atoms with Gasteiger partial charge in [0.05, 0.1) is 16.9 Å². The van der Waals surface area contributed by atoms with Gasteiger partial charge in [-0.1, -0.05) is 17.7 Å². The highest BCUT2D eigenvalue weighted by Gasteiger charge is 2.09. The lowest BCUT2D eigenvalue weighted by Crippen LogP contribution is -2.07. The molecule has 1 heterocycles. The number of carbonyl (C=O) groups is 1. The number of hydrogen-bond acceptors (Lipinski definition) is 5. The Morgan fingerprint density at radius 3 is 2.69 bits per heavy atom. The van der Waals surface area contributed by atoms with E-state index in [-0.39, 0.29) is 5.78 Å². The van der Waals surface area contributed by atoms with Gasteiger partial charge >= 0.3 is 0 Å². The maximum absolute atomic E-state index is 11.5. The molecule has 3 rings (SSSR count). The fourth-order valence-electron chi connectivity index (χ4n) is 2.58. The average Bonchev–Trinajstić information content (AvgIpc) is 3.11. The minimum Gasteiger partial charge on any atom is -0.444 e. The number of rotatable bonds is 6. The number of nitriles is 1. The van der Waals surface area contributed by atoms with Crippen molar-refractivity contribution in [2.75, 3.05) is 11.9 Å². The van der Waals surface area contributed by atoms with Crippen molar-refractivity contribution in [1.29, 1.82) is 5.26 Å². The van der Waals surface area contributed by atoms with Crippen LogP contribution in [0.25, 0.3) is 11.5 Å². The van der Waals surface area contributed by atoms with E-state index in [4.69, 9.17) is 4.42 Å². The number of anilines is 1. The molecule has 1 aromatic heterocycles. The molecule has 0 aliphatic heterocycles. The molecule has 5 heteroatoms. The smallest absolute Gasteiger partial charge is 0.226 e. The Balaban J connectivity index is 1.66. The van der Waals surface area contributed by atoms with E-state index in [2.05, 4.69) is 16.4 Å². The Morgan fingerprint density at radius 2 is 2.00 bits per heavy atom. The Kier molecular flexibility index (Phi) is 5.14. The molecule has 0 bridgehead atoms. The van der Waals surface area contributed by atoms with Gasteiger partial charge in [-0.05, 0) is 44.2 Å². The fourth-order valence-corrected chi connectivity index (χ4v) is 2.58. The first-order valence-corrected chi connectivity index (χ1v) is 8.37. The lowest BCUT2D eigenvalue weighted by atomic mass is 10.1. The maximum atomic E-state index is 11.5. The summed E-state index contributed by atoms with van der Waals surface area (Å²) in [4.78, 5) is 16.0. The first-order chi connectivity index (χ1) is 12.6. The third-order valence-electron chi connectivity index (χ3n) is 4.09. The minimum atomic E-state index is -0.0308. The summed E-state index contributed by atoms with van der Waals surface area (Å²) in [6.45, 7) is 4.12. The van der Waals surface area contributed by atoms with Gasteiger partial charge in [0, 0.05) is 24.1 Å². The number of nitrogens with one attached hydrogen (secondary N) is 1. The van der Waals surface area contributed by atoms with Gasteiger partial charge in [-0.25, -0.2) is 4.98 Å². The van der Waals surface area contributed by atoms with E-state index in [9.17, 15) is 10.1 Å². The van der Waals surface area contributed by atoms with Crippen LogP contribution in [0.15, 0.2) is 53.1 Å². The van der Waals surface area contributed by atoms with Crippen LogP contribution in [0, 0.1) is 18.3 Å². The summed E-state index contributed by atoms with van der Waals surface area (Å²) in [5.74, 6) is 0.563. The van der Waals surface area contributed by atoms with Crippen molar-refractivity contribution in [3.8, 4) is 17.5 Å². The number of Topliss-reactive ketones (excluding diaryl/α,β-unsaturated/α-hetero) is 1. The highest BCUT2D eigenvalue weighted by Crippen LogP contribution is 2.20. The van der Waals surface area contributed by atoms with Crippen molar-refractivity contribution in [3.63, 3.8) is 0 Å². The van der Waals surface area contributed by atoms with Crippen LogP contribution < -0.4 is 5.32 Å². The molecule has 0 atom stereocenters. The van der Waals surface area contributed by atoms with Crippen molar-refractivity contribution >= 4 is 11.5 Å². The molecule has 0 saturated heterocycles. The van der Waals surface area contributed by atoms with Gasteiger partial charge in [0.25, 0.3) is 0 Å². The summed E-state index contributed by atoms with van der Waals surface area (Å²) in [6.07, 6.45) is 2.29. The maximum Gasteiger partial charge on any atom is 0.226 e. The number of hydrogen-bond donors (Lipinski definition) is 1. The quantitative estimate of drug-likeness (QED) is 0.671. The first kappa shape index (κ1) is 17.4. The molecule has 0 unspecified atom stereocenters. The molecule has 0 saturated carbocycles. The zero-order valence-electron chi connectivity index (χ0n) is 14.7. The van der Waals surface area contributed by atoms with Crippen LogP contribution in [0.2, 0.25) is 0 Å². The summed E-state index contributed by atoms with van der Waals surface area (Å²) >= 11 is 0. The molecule has 2 aromatic carbocycles. The number of benzene rings is 2. The molecule has 0 spiro atoms. The third-order valence-corrected chi connectivity index (χ3v) is 4.09. The Morgan fingerprint density at radius 1 is 1.23 bits per heavy atom. The zero-order valence-corrected chi connectivity index (χ0v) is 14.7. The number of aryl methyl sites for hydroxylation is 1. The average molecular weight is 345 g/mol. The van der Waals surface area contributed by atoms with Crippen LogP contribution in [-0.4, -0.2) is 17.3 Å². The summed E-state index contributed by atoms with van der Waals surface area (Å²) in [7, 11) is 0. The monoisotopic (exact) mass is 345 g/mol. The molecule has 3 aromatic rings. The lowest BCUT2D eigenvalue weighted by molar-refractivity contribution is 0.101. The van der Waals surface area contributed by atoms with Crippen LogP contribution in [0.1, 0.15) is 34.1 Å². The van der Waals surface area contributed by atoms with Crippen molar-refractivity contribution in [3.05, 3.63) is 71.1 Å². The number of nitrogens with zero attached hydrogens (tertiary/aromatic N) is 2. The van der Waals surface area contributed by atoms with Gasteiger partial charge in [-0.3, -0.25) is 4.79 Å². The number of oxazole rings is 1. The van der Waals surface area contributed by atoms with Gasteiger partial charge < -0.3 is 9.73 Å². The highest BCUT2D eigenvalue weighted by molar-refractivity contribution is 5.95. The Bertz CT molecular complexity index is 966. The number of aromatic nitrogens is 1. The third kappa shape index (κ3) is 3.98. The molecule has 5 nitrogen and oxygen atoms in total. The van der Waals surface area contributed by atoms with E-state index >= 15 is 0 Å². The summed E-state index contributed by atoms with van der Waals surface area (Å²) in [5, 5.41) is 12.4. The van der Waals surface area contributed by atoms with Crippen LogP contribution in [0.3, 0.4) is 0 Å². The standard InChI is InChI=1S/C21H19N3O2/c1-14-3-5-16(6-4-14)21-24-19(13-26-21)9-10-23-20-11-17(15(2)25)7-8-18(20)12-22/h3-8,11,13,23H,9-10H2,1-2H3. The van der Waals surface area contributed by atoms with Crippen LogP contribution in [0.5, 0.6) is 0 Å². The Labute approximate surface area is 152 Å². The molecular formula is C21H19N3O2. The first-order valence-electron chi connectivity index (χ1n) is 8.37. The molecule has 0 aliphatic rings. The predicted molar refractivity (Wildman–Crippen MR) is 100 cm³/mol. The van der Waals surface area contributed by atoms with E-state index in [1.54, 1.807) is 24.5 Å². The number of carbonyl (C=O) groups excluding carboxylic acids is 1. The molecule has 0 fully saturated rings. The second-order valence-corrected chi connectivity index (χ2v) is 6.12. The van der Waals surface area contributed by atoms with Crippen LogP contribution in [0.4, 0.5) is 5.69 Å². The van der Waals surface area contributed by atoms with Crippen molar-refractivity contribution in [1.82, 2.24) is 4.98 Å². The largest absolute Gasteiger partial charge is 0.444 e. The highest BCUT2D eigenvalue weighted by atomic mass is 16.3. The lowest BCUT2D eigenvalue weighted by Gasteiger charge is -2.08. The molecule has 0 radical (unpaired) electrons. The van der Waals surface area contributed by atoms with Crippen molar-refractivity contribution in [2.24, 2.45) is 0 Å². The molecule has 130 valence electrons. The normalized spacial score (nSPS) is 10.3. The predicted octanol–water partition coefficient (Wildman–Crippen LogP) is 4.38. The van der Waals surface area contributed by atoms with Crippen molar-refractivity contribution < 1.29 is 9.21 Å².